The lowest BCUT2D eigenvalue weighted by Gasteiger charge is -2.09. The second-order valence-electron chi connectivity index (χ2n) is 5.42. The summed E-state index contributed by atoms with van der Waals surface area (Å²) in [5.41, 5.74) is -0.928. The Morgan fingerprint density at radius 2 is 1.69 bits per heavy atom. The molecule has 132 valence electrons. The molecule has 9 heteroatoms. The van der Waals surface area contributed by atoms with Gasteiger partial charge in [0.1, 0.15) is 11.8 Å². The quantitative estimate of drug-likeness (QED) is 0.708. The average Bonchev–Trinajstić information content (AvgIpc) is 3.07. The molecule has 0 aliphatic heterocycles. The van der Waals surface area contributed by atoms with Crippen molar-refractivity contribution in [1.82, 2.24) is 15.4 Å². The maximum atomic E-state index is 14.4. The fourth-order valence-electron chi connectivity index (χ4n) is 2.43. The SMILES string of the molecule is N#Cc1[nH]nnc1-c1ccc(Cc2ccc(C(F)(F)F)cc2)c(F)c1F. The number of benzene rings is 2. The van der Waals surface area contributed by atoms with E-state index in [0.29, 0.717) is 5.56 Å². The third kappa shape index (κ3) is 3.26. The first-order chi connectivity index (χ1) is 12.3. The van der Waals surface area contributed by atoms with Crippen LogP contribution < -0.4 is 0 Å². The van der Waals surface area contributed by atoms with Gasteiger partial charge in [-0.15, -0.1) is 5.10 Å². The van der Waals surface area contributed by atoms with Gasteiger partial charge in [-0.2, -0.15) is 18.4 Å². The van der Waals surface area contributed by atoms with E-state index < -0.39 is 23.4 Å². The summed E-state index contributed by atoms with van der Waals surface area (Å²) < 4.78 is 66.4. The minimum Gasteiger partial charge on any atom is -0.247 e. The van der Waals surface area contributed by atoms with Crippen molar-refractivity contribution in [2.24, 2.45) is 0 Å². The summed E-state index contributed by atoms with van der Waals surface area (Å²) >= 11 is 0. The molecule has 3 aromatic rings. The Hall–Kier alpha value is -3.28. The Bertz CT molecular complexity index is 984. The van der Waals surface area contributed by atoms with Crippen molar-refractivity contribution < 1.29 is 22.0 Å². The lowest BCUT2D eigenvalue weighted by molar-refractivity contribution is -0.137. The van der Waals surface area contributed by atoms with Crippen LogP contribution in [0, 0.1) is 23.0 Å². The van der Waals surface area contributed by atoms with Gasteiger partial charge in [0.2, 0.25) is 0 Å². The molecule has 1 N–H and O–H groups in total. The zero-order valence-corrected chi connectivity index (χ0v) is 12.9. The van der Waals surface area contributed by atoms with Crippen molar-refractivity contribution in [3.63, 3.8) is 0 Å². The van der Waals surface area contributed by atoms with E-state index in [9.17, 15) is 22.0 Å². The van der Waals surface area contributed by atoms with Gasteiger partial charge in [-0.1, -0.05) is 23.4 Å². The fourth-order valence-corrected chi connectivity index (χ4v) is 2.43. The number of nitrogens with one attached hydrogen (secondary N) is 1. The van der Waals surface area contributed by atoms with Crippen LogP contribution in [0.5, 0.6) is 0 Å². The largest absolute Gasteiger partial charge is 0.416 e. The second kappa shape index (κ2) is 6.55. The number of hydrogen-bond acceptors (Lipinski definition) is 3. The Balaban J connectivity index is 1.91. The Morgan fingerprint density at radius 1 is 1.00 bits per heavy atom. The number of nitriles is 1. The molecule has 0 bridgehead atoms. The van der Waals surface area contributed by atoms with Gasteiger partial charge in [0.25, 0.3) is 0 Å². The molecule has 0 aliphatic rings. The fraction of sp³-hybridized carbons (Fsp3) is 0.118. The predicted octanol–water partition coefficient (Wildman–Crippen LogP) is 4.23. The number of hydrogen-bond donors (Lipinski definition) is 1. The van der Waals surface area contributed by atoms with E-state index >= 15 is 0 Å². The molecule has 0 aliphatic carbocycles. The number of aromatic nitrogens is 3. The highest BCUT2D eigenvalue weighted by Gasteiger charge is 2.30. The van der Waals surface area contributed by atoms with Gasteiger partial charge >= 0.3 is 6.18 Å². The van der Waals surface area contributed by atoms with Crippen molar-refractivity contribution in [1.29, 1.82) is 5.26 Å². The molecule has 2 aromatic carbocycles. The van der Waals surface area contributed by atoms with Gasteiger partial charge in [0.15, 0.2) is 17.3 Å². The lowest BCUT2D eigenvalue weighted by Crippen LogP contribution is -2.05. The van der Waals surface area contributed by atoms with E-state index in [-0.39, 0.29) is 28.9 Å². The number of H-pyrrole nitrogens is 1. The van der Waals surface area contributed by atoms with Crippen LogP contribution in [0.2, 0.25) is 0 Å². The third-order valence-electron chi connectivity index (χ3n) is 3.75. The monoisotopic (exact) mass is 364 g/mol. The van der Waals surface area contributed by atoms with E-state index in [1.165, 1.54) is 24.3 Å². The second-order valence-corrected chi connectivity index (χ2v) is 5.42. The molecule has 0 unspecified atom stereocenters. The molecule has 3 rings (SSSR count). The zero-order valence-electron chi connectivity index (χ0n) is 12.9. The highest BCUT2D eigenvalue weighted by atomic mass is 19.4. The summed E-state index contributed by atoms with van der Waals surface area (Å²) in [4.78, 5) is 0. The normalized spacial score (nSPS) is 11.4. The number of nitrogens with zero attached hydrogens (tertiary/aromatic N) is 3. The molecule has 1 aromatic heterocycles. The van der Waals surface area contributed by atoms with Gasteiger partial charge in [-0.3, -0.25) is 0 Å². The number of halogens is 5. The van der Waals surface area contributed by atoms with E-state index in [4.69, 9.17) is 5.26 Å². The summed E-state index contributed by atoms with van der Waals surface area (Å²) in [5.74, 6) is -2.37. The van der Waals surface area contributed by atoms with E-state index in [1.807, 2.05) is 0 Å². The molecule has 0 saturated heterocycles. The van der Waals surface area contributed by atoms with Gasteiger partial charge in [-0.05, 0) is 29.3 Å². The van der Waals surface area contributed by atoms with E-state index in [1.54, 1.807) is 6.07 Å². The van der Waals surface area contributed by atoms with Crippen LogP contribution in [-0.2, 0) is 12.6 Å². The molecule has 26 heavy (non-hydrogen) atoms. The van der Waals surface area contributed by atoms with Crippen LogP contribution in [0.3, 0.4) is 0 Å². The summed E-state index contributed by atoms with van der Waals surface area (Å²) in [5, 5.41) is 18.1. The van der Waals surface area contributed by atoms with Crippen LogP contribution in [-0.4, -0.2) is 15.4 Å². The van der Waals surface area contributed by atoms with E-state index in [0.717, 1.165) is 12.1 Å². The molecule has 1 heterocycles. The van der Waals surface area contributed by atoms with Crippen molar-refractivity contribution in [3.05, 3.63) is 70.4 Å². The maximum absolute atomic E-state index is 14.4. The minimum absolute atomic E-state index is 0.0342. The predicted molar refractivity (Wildman–Crippen MR) is 80.7 cm³/mol. The zero-order chi connectivity index (χ0) is 18.9. The molecule has 0 atom stereocenters. The topological polar surface area (TPSA) is 65.4 Å². The molecular formula is C17H9F5N4. The maximum Gasteiger partial charge on any atom is 0.416 e. The van der Waals surface area contributed by atoms with E-state index in [2.05, 4.69) is 15.4 Å². The number of rotatable bonds is 3. The van der Waals surface area contributed by atoms with Crippen molar-refractivity contribution in [2.45, 2.75) is 12.6 Å². The Kier molecular flexibility index (Phi) is 4.42. The first-order valence-electron chi connectivity index (χ1n) is 7.25. The molecule has 0 spiro atoms. The summed E-state index contributed by atoms with van der Waals surface area (Å²) in [6, 6.07) is 8.45. The standard InChI is InChI=1S/C17H9F5N4/c18-14-10(7-9-1-4-11(5-2-9)17(20,21)22)3-6-12(15(14)19)16-13(8-23)24-26-25-16/h1-6H,7H2,(H,24,25,26). The van der Waals surface area contributed by atoms with Crippen molar-refractivity contribution in [3.8, 4) is 17.3 Å². The van der Waals surface area contributed by atoms with Crippen molar-refractivity contribution >= 4 is 0 Å². The van der Waals surface area contributed by atoms with Crippen molar-refractivity contribution in [2.75, 3.05) is 0 Å². The molecule has 0 radical (unpaired) electrons. The Labute approximate surface area is 143 Å². The molecule has 0 fully saturated rings. The van der Waals surface area contributed by atoms with Gasteiger partial charge in [-0.25, -0.2) is 13.9 Å². The third-order valence-corrected chi connectivity index (χ3v) is 3.75. The van der Waals surface area contributed by atoms with Gasteiger partial charge < -0.3 is 0 Å². The summed E-state index contributed by atoms with van der Waals surface area (Å²) in [7, 11) is 0. The van der Waals surface area contributed by atoms with Crippen LogP contribution in [0.15, 0.2) is 36.4 Å². The minimum atomic E-state index is -4.46. The van der Waals surface area contributed by atoms with Crippen LogP contribution >= 0.6 is 0 Å². The highest BCUT2D eigenvalue weighted by molar-refractivity contribution is 5.65. The van der Waals surface area contributed by atoms with Crippen LogP contribution in [0.1, 0.15) is 22.4 Å². The number of aromatic amines is 1. The average molecular weight is 364 g/mol. The first-order valence-corrected chi connectivity index (χ1v) is 7.25. The van der Waals surface area contributed by atoms with Crippen LogP contribution in [0.25, 0.3) is 11.3 Å². The summed E-state index contributed by atoms with van der Waals surface area (Å²) in [6.07, 6.45) is -4.56. The molecule has 0 saturated carbocycles. The molecule has 0 amide bonds. The van der Waals surface area contributed by atoms with Gasteiger partial charge in [0.05, 0.1) is 5.56 Å². The highest BCUT2D eigenvalue weighted by Crippen LogP contribution is 2.30. The molecular weight excluding hydrogens is 355 g/mol. The Morgan fingerprint density at radius 3 is 2.31 bits per heavy atom. The number of alkyl halides is 3. The van der Waals surface area contributed by atoms with Gasteiger partial charge in [0, 0.05) is 12.0 Å². The smallest absolute Gasteiger partial charge is 0.247 e. The first kappa shape index (κ1) is 17.5. The van der Waals surface area contributed by atoms with Crippen LogP contribution in [0.4, 0.5) is 22.0 Å². The molecule has 4 nitrogen and oxygen atoms in total. The summed E-state index contributed by atoms with van der Waals surface area (Å²) in [6.45, 7) is 0. The lowest BCUT2D eigenvalue weighted by atomic mass is 10.00.